The highest BCUT2D eigenvalue weighted by molar-refractivity contribution is 5.79. The van der Waals surface area contributed by atoms with Crippen LogP contribution in [0.5, 0.6) is 5.88 Å². The summed E-state index contributed by atoms with van der Waals surface area (Å²) in [5.74, 6) is 0.601. The molecule has 0 fully saturated rings. The Morgan fingerprint density at radius 1 is 1.06 bits per heavy atom. The fourth-order valence-electron chi connectivity index (χ4n) is 1.66. The Bertz CT molecular complexity index is 645. The van der Waals surface area contributed by atoms with E-state index in [1.54, 1.807) is 25.7 Å². The van der Waals surface area contributed by atoms with Crippen LogP contribution in [0.25, 0.3) is 22.2 Å². The van der Waals surface area contributed by atoms with E-state index in [0.717, 1.165) is 22.2 Å². The number of hydrogen-bond acceptors (Lipinski definition) is 4. The van der Waals surface area contributed by atoms with Crippen molar-refractivity contribution in [2.75, 3.05) is 7.11 Å². The second-order valence-corrected chi connectivity index (χ2v) is 3.62. The van der Waals surface area contributed by atoms with E-state index in [1.165, 1.54) is 0 Å². The Kier molecular flexibility index (Phi) is 2.22. The number of ether oxygens (including phenoxy) is 1. The molecule has 3 aromatic heterocycles. The zero-order valence-electron chi connectivity index (χ0n) is 9.21. The number of hydrogen-bond donors (Lipinski definition) is 1. The van der Waals surface area contributed by atoms with Crippen LogP contribution < -0.4 is 4.74 Å². The molecule has 0 saturated heterocycles. The van der Waals surface area contributed by atoms with Crippen LogP contribution in [-0.2, 0) is 0 Å². The highest BCUT2D eigenvalue weighted by atomic mass is 16.5. The van der Waals surface area contributed by atoms with Gasteiger partial charge in [-0.25, -0.2) is 4.98 Å². The average molecular weight is 226 g/mol. The number of aromatic nitrogens is 4. The molecule has 84 valence electrons. The third-order valence-corrected chi connectivity index (χ3v) is 2.57. The first kappa shape index (κ1) is 9.77. The van der Waals surface area contributed by atoms with E-state index in [0.29, 0.717) is 5.88 Å². The molecule has 0 aliphatic carbocycles. The SMILES string of the molecule is COc1ccc(-c2cnc3cn[nH]c3c2)cn1. The molecule has 0 amide bonds. The van der Waals surface area contributed by atoms with Crippen LogP contribution in [0, 0.1) is 0 Å². The van der Waals surface area contributed by atoms with Gasteiger partial charge in [-0.05, 0) is 12.1 Å². The van der Waals surface area contributed by atoms with Gasteiger partial charge < -0.3 is 4.74 Å². The first-order valence-electron chi connectivity index (χ1n) is 5.16. The Balaban J connectivity index is 2.06. The predicted molar refractivity (Wildman–Crippen MR) is 63.7 cm³/mol. The van der Waals surface area contributed by atoms with Crippen LogP contribution in [0.3, 0.4) is 0 Å². The number of aromatic amines is 1. The topological polar surface area (TPSA) is 63.7 Å². The van der Waals surface area contributed by atoms with Crippen molar-refractivity contribution in [3.05, 3.63) is 36.8 Å². The van der Waals surface area contributed by atoms with Crippen molar-refractivity contribution in [3.8, 4) is 17.0 Å². The molecule has 0 aromatic carbocycles. The molecule has 3 aromatic rings. The molecule has 3 rings (SSSR count). The number of nitrogens with zero attached hydrogens (tertiary/aromatic N) is 3. The summed E-state index contributed by atoms with van der Waals surface area (Å²) < 4.78 is 5.02. The third kappa shape index (κ3) is 1.71. The summed E-state index contributed by atoms with van der Waals surface area (Å²) in [6.07, 6.45) is 5.27. The zero-order valence-corrected chi connectivity index (χ0v) is 9.21. The maximum absolute atomic E-state index is 5.02. The van der Waals surface area contributed by atoms with Gasteiger partial charge in [0.2, 0.25) is 5.88 Å². The van der Waals surface area contributed by atoms with E-state index >= 15 is 0 Å². The molecule has 5 heteroatoms. The van der Waals surface area contributed by atoms with Gasteiger partial charge in [0.1, 0.15) is 5.52 Å². The molecule has 1 N–H and O–H groups in total. The van der Waals surface area contributed by atoms with Crippen molar-refractivity contribution in [3.63, 3.8) is 0 Å². The van der Waals surface area contributed by atoms with Gasteiger partial charge in [-0.3, -0.25) is 10.1 Å². The summed E-state index contributed by atoms with van der Waals surface area (Å²) >= 11 is 0. The minimum atomic E-state index is 0.601. The lowest BCUT2D eigenvalue weighted by Crippen LogP contribution is -1.87. The van der Waals surface area contributed by atoms with Crippen LogP contribution in [0.4, 0.5) is 0 Å². The van der Waals surface area contributed by atoms with E-state index in [9.17, 15) is 0 Å². The van der Waals surface area contributed by atoms with Crippen molar-refractivity contribution in [1.29, 1.82) is 0 Å². The molecule has 0 aliphatic heterocycles. The molecular weight excluding hydrogens is 216 g/mol. The summed E-state index contributed by atoms with van der Waals surface area (Å²) in [5.41, 5.74) is 3.76. The molecule has 0 atom stereocenters. The zero-order chi connectivity index (χ0) is 11.7. The van der Waals surface area contributed by atoms with Gasteiger partial charge in [0.25, 0.3) is 0 Å². The van der Waals surface area contributed by atoms with E-state index in [2.05, 4.69) is 20.2 Å². The molecule has 0 radical (unpaired) electrons. The van der Waals surface area contributed by atoms with Gasteiger partial charge >= 0.3 is 0 Å². The maximum atomic E-state index is 5.02. The second kappa shape index (κ2) is 3.86. The maximum Gasteiger partial charge on any atom is 0.212 e. The van der Waals surface area contributed by atoms with Gasteiger partial charge in [-0.2, -0.15) is 5.10 Å². The standard InChI is InChI=1S/C12H10N4O/c1-17-12-3-2-8(5-14-12)9-4-10-11(13-6-9)7-15-16-10/h2-7H,1H3,(H,15,16). The van der Waals surface area contributed by atoms with Gasteiger partial charge in [0, 0.05) is 29.6 Å². The van der Waals surface area contributed by atoms with Crippen LogP contribution >= 0.6 is 0 Å². The molecule has 0 aliphatic rings. The molecule has 0 unspecified atom stereocenters. The monoisotopic (exact) mass is 226 g/mol. The van der Waals surface area contributed by atoms with Crippen LogP contribution in [0.1, 0.15) is 0 Å². The quantitative estimate of drug-likeness (QED) is 0.726. The van der Waals surface area contributed by atoms with Crippen molar-refractivity contribution in [2.24, 2.45) is 0 Å². The summed E-state index contributed by atoms with van der Waals surface area (Å²) in [5, 5.41) is 6.83. The Hall–Kier alpha value is -2.43. The van der Waals surface area contributed by atoms with Crippen LogP contribution in [0.15, 0.2) is 36.8 Å². The molecule has 0 bridgehead atoms. The Morgan fingerprint density at radius 3 is 2.71 bits per heavy atom. The first-order valence-corrected chi connectivity index (χ1v) is 5.16. The summed E-state index contributed by atoms with van der Waals surface area (Å²) in [4.78, 5) is 8.47. The minimum Gasteiger partial charge on any atom is -0.481 e. The Labute approximate surface area is 97.5 Å². The summed E-state index contributed by atoms with van der Waals surface area (Å²) in [6, 6.07) is 5.77. The number of rotatable bonds is 2. The summed E-state index contributed by atoms with van der Waals surface area (Å²) in [6.45, 7) is 0. The van der Waals surface area contributed by atoms with Crippen molar-refractivity contribution < 1.29 is 4.74 Å². The lowest BCUT2D eigenvalue weighted by molar-refractivity contribution is 0.398. The fraction of sp³-hybridized carbons (Fsp3) is 0.0833. The lowest BCUT2D eigenvalue weighted by Gasteiger charge is -2.02. The van der Waals surface area contributed by atoms with E-state index in [4.69, 9.17) is 4.74 Å². The van der Waals surface area contributed by atoms with Crippen molar-refractivity contribution >= 4 is 11.0 Å². The third-order valence-electron chi connectivity index (χ3n) is 2.57. The van der Waals surface area contributed by atoms with Crippen LogP contribution in [-0.4, -0.2) is 27.3 Å². The number of methoxy groups -OCH3 is 1. The number of H-pyrrole nitrogens is 1. The fourth-order valence-corrected chi connectivity index (χ4v) is 1.66. The number of pyridine rings is 2. The summed E-state index contributed by atoms with van der Waals surface area (Å²) in [7, 11) is 1.60. The molecule has 3 heterocycles. The minimum absolute atomic E-state index is 0.601. The van der Waals surface area contributed by atoms with Gasteiger partial charge in [0.05, 0.1) is 18.8 Å². The van der Waals surface area contributed by atoms with E-state index in [1.807, 2.05) is 18.2 Å². The number of nitrogens with one attached hydrogen (secondary N) is 1. The van der Waals surface area contributed by atoms with Gasteiger partial charge in [-0.1, -0.05) is 0 Å². The highest BCUT2D eigenvalue weighted by Crippen LogP contribution is 2.22. The average Bonchev–Trinajstić information content (AvgIpc) is 2.86. The predicted octanol–water partition coefficient (Wildman–Crippen LogP) is 2.03. The largest absolute Gasteiger partial charge is 0.481 e. The second-order valence-electron chi connectivity index (χ2n) is 3.62. The first-order chi connectivity index (χ1) is 8.36. The van der Waals surface area contributed by atoms with E-state index < -0.39 is 0 Å². The smallest absolute Gasteiger partial charge is 0.212 e. The van der Waals surface area contributed by atoms with E-state index in [-0.39, 0.29) is 0 Å². The molecule has 0 spiro atoms. The molecular formula is C12H10N4O. The molecule has 17 heavy (non-hydrogen) atoms. The van der Waals surface area contributed by atoms with Crippen molar-refractivity contribution in [1.82, 2.24) is 20.2 Å². The molecule has 0 saturated carbocycles. The van der Waals surface area contributed by atoms with Crippen LogP contribution in [0.2, 0.25) is 0 Å². The van der Waals surface area contributed by atoms with Crippen molar-refractivity contribution in [2.45, 2.75) is 0 Å². The van der Waals surface area contributed by atoms with Gasteiger partial charge in [-0.15, -0.1) is 0 Å². The Morgan fingerprint density at radius 2 is 1.94 bits per heavy atom. The lowest BCUT2D eigenvalue weighted by atomic mass is 10.1. The van der Waals surface area contributed by atoms with Gasteiger partial charge in [0.15, 0.2) is 0 Å². The highest BCUT2D eigenvalue weighted by Gasteiger charge is 2.03. The number of fused-ring (bicyclic) bond motifs is 1. The molecule has 5 nitrogen and oxygen atoms in total. The normalized spacial score (nSPS) is 10.6.